The Labute approximate surface area is 165 Å². The fraction of sp³-hybridized carbons (Fsp3) is 0.545. The zero-order valence-electron chi connectivity index (χ0n) is 17.0. The number of carbonyl (C=O) groups excluding carboxylic acids is 2. The molecule has 150 valence electrons. The topological polar surface area (TPSA) is 65.6 Å². The van der Waals surface area contributed by atoms with E-state index < -0.39 is 17.7 Å². The summed E-state index contributed by atoms with van der Waals surface area (Å²) in [6.45, 7) is 7.47. The predicted molar refractivity (Wildman–Crippen MR) is 108 cm³/mol. The van der Waals surface area contributed by atoms with E-state index in [1.54, 1.807) is 4.90 Å². The zero-order valence-corrected chi connectivity index (χ0v) is 17.0. The predicted octanol–water partition coefficient (Wildman–Crippen LogP) is 3.84. The van der Waals surface area contributed by atoms with E-state index in [9.17, 15) is 9.59 Å². The summed E-state index contributed by atoms with van der Waals surface area (Å²) < 4.78 is 5.64. The van der Waals surface area contributed by atoms with Crippen molar-refractivity contribution in [2.75, 3.05) is 13.1 Å². The number of carbonyl (C=O) groups is 2. The monoisotopic (exact) mass is 383 g/mol. The lowest BCUT2D eigenvalue weighted by Crippen LogP contribution is -2.55. The number of hydrogen-bond donors (Lipinski definition) is 1. The molecule has 0 saturated carbocycles. The van der Waals surface area contributed by atoms with Gasteiger partial charge in [0.2, 0.25) is 5.91 Å². The highest BCUT2D eigenvalue weighted by atomic mass is 16.6. The first-order chi connectivity index (χ1) is 13.3. The molecule has 1 aromatic heterocycles. The number of piperidine rings is 1. The number of fused-ring (bicyclic) bond motifs is 3. The summed E-state index contributed by atoms with van der Waals surface area (Å²) in [5, 5.41) is 1.14. The van der Waals surface area contributed by atoms with Crippen LogP contribution in [0.5, 0.6) is 0 Å². The van der Waals surface area contributed by atoms with E-state index in [1.807, 2.05) is 43.9 Å². The minimum Gasteiger partial charge on any atom is -0.444 e. The molecule has 0 aliphatic carbocycles. The van der Waals surface area contributed by atoms with Gasteiger partial charge in [0.15, 0.2) is 0 Å². The highest BCUT2D eigenvalue weighted by Gasteiger charge is 2.40. The van der Waals surface area contributed by atoms with Gasteiger partial charge < -0.3 is 14.6 Å². The van der Waals surface area contributed by atoms with Crippen LogP contribution in [0.2, 0.25) is 0 Å². The molecule has 2 aliphatic rings. The Morgan fingerprint density at radius 2 is 1.82 bits per heavy atom. The summed E-state index contributed by atoms with van der Waals surface area (Å²) in [6, 6.07) is 7.60. The first-order valence-corrected chi connectivity index (χ1v) is 10.2. The summed E-state index contributed by atoms with van der Waals surface area (Å²) in [6.07, 6.45) is 3.32. The molecule has 2 aromatic rings. The van der Waals surface area contributed by atoms with E-state index in [2.05, 4.69) is 11.1 Å². The molecule has 1 N–H and O–H groups in total. The first-order valence-electron chi connectivity index (χ1n) is 10.2. The molecule has 2 aliphatic heterocycles. The van der Waals surface area contributed by atoms with Gasteiger partial charge in [0.25, 0.3) is 0 Å². The molecule has 6 nitrogen and oxygen atoms in total. The number of aromatic amines is 1. The molecule has 0 unspecified atom stereocenters. The number of rotatable bonds is 1. The maximum Gasteiger partial charge on any atom is 0.411 e. The smallest absolute Gasteiger partial charge is 0.411 e. The van der Waals surface area contributed by atoms with Crippen molar-refractivity contribution in [3.8, 4) is 0 Å². The molecule has 4 rings (SSSR count). The average molecular weight is 383 g/mol. The van der Waals surface area contributed by atoms with E-state index in [1.165, 1.54) is 0 Å². The van der Waals surface area contributed by atoms with Gasteiger partial charge in [0.05, 0.1) is 6.54 Å². The second-order valence-electron chi connectivity index (χ2n) is 8.84. The first kappa shape index (κ1) is 18.8. The molecule has 1 aromatic carbocycles. The highest BCUT2D eigenvalue weighted by Crippen LogP contribution is 2.32. The Balaban J connectivity index is 1.69. The molecule has 3 heterocycles. The van der Waals surface area contributed by atoms with Crippen LogP contribution in [0.15, 0.2) is 24.3 Å². The van der Waals surface area contributed by atoms with Crippen LogP contribution in [0.1, 0.15) is 51.3 Å². The molecular formula is C22H29N3O3. The molecule has 1 fully saturated rings. The van der Waals surface area contributed by atoms with Gasteiger partial charge in [0.1, 0.15) is 11.6 Å². The van der Waals surface area contributed by atoms with Crippen molar-refractivity contribution < 1.29 is 14.3 Å². The highest BCUT2D eigenvalue weighted by molar-refractivity contribution is 5.90. The molecule has 0 radical (unpaired) electrons. The summed E-state index contributed by atoms with van der Waals surface area (Å²) in [5.41, 5.74) is 2.58. The number of amides is 2. The zero-order chi connectivity index (χ0) is 19.9. The fourth-order valence-corrected chi connectivity index (χ4v) is 4.27. The third-order valence-electron chi connectivity index (χ3n) is 5.58. The lowest BCUT2D eigenvalue weighted by Gasteiger charge is -2.39. The number of para-hydroxylation sites is 1. The Kier molecular flexibility index (Phi) is 4.81. The van der Waals surface area contributed by atoms with Crippen LogP contribution in [-0.4, -0.2) is 51.5 Å². The van der Waals surface area contributed by atoms with Gasteiger partial charge in [-0.15, -0.1) is 0 Å². The fourth-order valence-electron chi connectivity index (χ4n) is 4.27. The molecule has 2 amide bonds. The normalized spacial score (nSPS) is 20.2. The molecule has 1 atom stereocenters. The Bertz CT molecular complexity index is 890. The van der Waals surface area contributed by atoms with Gasteiger partial charge in [-0.3, -0.25) is 9.69 Å². The van der Waals surface area contributed by atoms with Gasteiger partial charge in [-0.2, -0.15) is 0 Å². The number of nitrogens with zero attached hydrogens (tertiary/aromatic N) is 2. The van der Waals surface area contributed by atoms with Crippen LogP contribution in [0, 0.1) is 0 Å². The standard InChI is InChI=1S/C22H29N3O3/c1-22(2,3)28-21(27)25-14-18-16(15-9-5-6-10-17(15)23-18)13-19(25)20(26)24-11-7-4-8-12-24/h5-6,9-10,19,23H,4,7-8,11-14H2,1-3H3/t19-/m1/s1. The van der Waals surface area contributed by atoms with Crippen molar-refractivity contribution in [3.63, 3.8) is 0 Å². The quantitative estimate of drug-likeness (QED) is 0.814. The molecular weight excluding hydrogens is 354 g/mol. The van der Waals surface area contributed by atoms with Crippen LogP contribution in [0.25, 0.3) is 10.9 Å². The van der Waals surface area contributed by atoms with Gasteiger partial charge in [-0.1, -0.05) is 18.2 Å². The number of H-pyrrole nitrogens is 1. The van der Waals surface area contributed by atoms with Crippen LogP contribution >= 0.6 is 0 Å². The molecule has 0 bridgehead atoms. The number of ether oxygens (including phenoxy) is 1. The minimum absolute atomic E-state index is 0.0430. The van der Waals surface area contributed by atoms with Crippen LogP contribution in [0.4, 0.5) is 4.79 Å². The summed E-state index contributed by atoms with van der Waals surface area (Å²) in [7, 11) is 0. The van der Waals surface area contributed by atoms with Crippen molar-refractivity contribution in [3.05, 3.63) is 35.5 Å². The van der Waals surface area contributed by atoms with E-state index >= 15 is 0 Å². The van der Waals surface area contributed by atoms with Gasteiger partial charge in [-0.25, -0.2) is 4.79 Å². The van der Waals surface area contributed by atoms with E-state index in [4.69, 9.17) is 4.74 Å². The summed E-state index contributed by atoms with van der Waals surface area (Å²) in [5.74, 6) is 0.0430. The Morgan fingerprint density at radius 3 is 2.54 bits per heavy atom. The maximum atomic E-state index is 13.4. The van der Waals surface area contributed by atoms with Crippen molar-refractivity contribution >= 4 is 22.9 Å². The number of hydrogen-bond acceptors (Lipinski definition) is 3. The maximum absolute atomic E-state index is 13.4. The Morgan fingerprint density at radius 1 is 1.11 bits per heavy atom. The SMILES string of the molecule is CC(C)(C)OC(=O)N1Cc2[nH]c3ccccc3c2C[C@@H]1C(=O)N1CCCCC1. The second kappa shape index (κ2) is 7.15. The number of nitrogens with one attached hydrogen (secondary N) is 1. The number of benzene rings is 1. The lowest BCUT2D eigenvalue weighted by atomic mass is 9.95. The van der Waals surface area contributed by atoms with E-state index in [0.717, 1.165) is 54.5 Å². The molecule has 0 spiro atoms. The van der Waals surface area contributed by atoms with Crippen molar-refractivity contribution in [2.24, 2.45) is 0 Å². The van der Waals surface area contributed by atoms with E-state index in [-0.39, 0.29) is 5.91 Å². The molecule has 28 heavy (non-hydrogen) atoms. The summed E-state index contributed by atoms with van der Waals surface area (Å²) >= 11 is 0. The van der Waals surface area contributed by atoms with Crippen molar-refractivity contribution in [1.82, 2.24) is 14.8 Å². The third kappa shape index (κ3) is 3.60. The van der Waals surface area contributed by atoms with Crippen LogP contribution < -0.4 is 0 Å². The third-order valence-corrected chi connectivity index (χ3v) is 5.58. The van der Waals surface area contributed by atoms with Crippen molar-refractivity contribution in [1.29, 1.82) is 0 Å². The van der Waals surface area contributed by atoms with Gasteiger partial charge in [-0.05, 0) is 51.7 Å². The van der Waals surface area contributed by atoms with Crippen molar-refractivity contribution in [2.45, 2.75) is 64.6 Å². The molecule has 1 saturated heterocycles. The second-order valence-corrected chi connectivity index (χ2v) is 8.84. The van der Waals surface area contributed by atoms with Gasteiger partial charge in [0, 0.05) is 36.1 Å². The van der Waals surface area contributed by atoms with E-state index in [0.29, 0.717) is 13.0 Å². The summed E-state index contributed by atoms with van der Waals surface area (Å²) in [4.78, 5) is 33.3. The number of likely N-dealkylation sites (tertiary alicyclic amines) is 1. The van der Waals surface area contributed by atoms with Crippen LogP contribution in [-0.2, 0) is 22.5 Å². The Hall–Kier alpha value is -2.50. The van der Waals surface area contributed by atoms with Crippen LogP contribution in [0.3, 0.4) is 0 Å². The number of aromatic nitrogens is 1. The van der Waals surface area contributed by atoms with Gasteiger partial charge >= 0.3 is 6.09 Å². The largest absolute Gasteiger partial charge is 0.444 e. The lowest BCUT2D eigenvalue weighted by molar-refractivity contribution is -0.138. The minimum atomic E-state index is -0.601. The average Bonchev–Trinajstić information content (AvgIpc) is 3.03. The molecule has 6 heteroatoms.